The molecule has 3 nitrogen and oxygen atoms in total. The first-order valence-electron chi connectivity index (χ1n) is 7.83. The topological polar surface area (TPSA) is 46.3 Å². The Bertz CT molecular complexity index is 459. The van der Waals surface area contributed by atoms with Crippen LogP contribution in [0.2, 0.25) is 0 Å². The first-order chi connectivity index (χ1) is 9.70. The molecule has 1 aromatic rings. The predicted molar refractivity (Wildman–Crippen MR) is 80.3 cm³/mol. The summed E-state index contributed by atoms with van der Waals surface area (Å²) in [4.78, 5) is 15.2. The Hall–Kier alpha value is -1.35. The molecule has 108 valence electrons. The average Bonchev–Trinajstić information content (AvgIpc) is 2.73. The molecule has 2 bridgehead atoms. The number of fused-ring (bicyclic) bond motifs is 2. The van der Waals surface area contributed by atoms with Crippen LogP contribution in [0, 0.1) is 0 Å². The van der Waals surface area contributed by atoms with Gasteiger partial charge < -0.3 is 10.6 Å². The maximum absolute atomic E-state index is 13.0. The summed E-state index contributed by atoms with van der Waals surface area (Å²) < 4.78 is 0. The molecule has 0 aliphatic carbocycles. The smallest absolute Gasteiger partial charge is 0.230 e. The first-order valence-corrected chi connectivity index (χ1v) is 7.83. The van der Waals surface area contributed by atoms with Gasteiger partial charge in [0.2, 0.25) is 5.91 Å². The highest BCUT2D eigenvalue weighted by Crippen LogP contribution is 2.38. The number of amides is 1. The van der Waals surface area contributed by atoms with Crippen LogP contribution >= 0.6 is 0 Å². The fourth-order valence-corrected chi connectivity index (χ4v) is 4.00. The molecule has 0 aromatic heterocycles. The molecule has 2 aliphatic rings. The van der Waals surface area contributed by atoms with E-state index >= 15 is 0 Å². The molecule has 20 heavy (non-hydrogen) atoms. The van der Waals surface area contributed by atoms with Crippen LogP contribution in [0.15, 0.2) is 30.3 Å². The zero-order chi connectivity index (χ0) is 14.1. The van der Waals surface area contributed by atoms with Gasteiger partial charge in [-0.15, -0.1) is 0 Å². The molecule has 0 spiro atoms. The second-order valence-electron chi connectivity index (χ2n) is 6.23. The van der Waals surface area contributed by atoms with Crippen LogP contribution in [0.25, 0.3) is 0 Å². The fraction of sp³-hybridized carbons (Fsp3) is 0.588. The van der Waals surface area contributed by atoms with Gasteiger partial charge in [-0.3, -0.25) is 4.79 Å². The molecule has 3 rings (SSSR count). The summed E-state index contributed by atoms with van der Waals surface area (Å²) >= 11 is 0. The number of carbonyl (C=O) groups excluding carboxylic acids is 1. The van der Waals surface area contributed by atoms with E-state index in [0.717, 1.165) is 37.7 Å². The largest absolute Gasteiger partial charge is 0.336 e. The third-order valence-corrected chi connectivity index (χ3v) is 4.93. The van der Waals surface area contributed by atoms with Gasteiger partial charge in [0.25, 0.3) is 0 Å². The minimum absolute atomic E-state index is 0.00799. The Morgan fingerprint density at radius 2 is 1.85 bits per heavy atom. The minimum Gasteiger partial charge on any atom is -0.336 e. The van der Waals surface area contributed by atoms with Gasteiger partial charge in [-0.25, -0.2) is 0 Å². The van der Waals surface area contributed by atoms with Crippen LogP contribution in [0.3, 0.4) is 0 Å². The molecule has 3 heteroatoms. The lowest BCUT2D eigenvalue weighted by Crippen LogP contribution is -2.51. The van der Waals surface area contributed by atoms with E-state index in [-0.39, 0.29) is 12.0 Å². The summed E-state index contributed by atoms with van der Waals surface area (Å²) in [6.45, 7) is 2.10. The number of benzene rings is 1. The van der Waals surface area contributed by atoms with Crippen LogP contribution in [0.4, 0.5) is 0 Å². The van der Waals surface area contributed by atoms with E-state index in [4.69, 9.17) is 5.73 Å². The maximum atomic E-state index is 13.0. The number of nitrogens with zero attached hydrogens (tertiary/aromatic N) is 1. The summed E-state index contributed by atoms with van der Waals surface area (Å²) in [6.07, 6.45) is 5.09. The second-order valence-corrected chi connectivity index (χ2v) is 6.23. The summed E-state index contributed by atoms with van der Waals surface area (Å²) in [5.74, 6) is 0.326. The number of piperidine rings is 1. The van der Waals surface area contributed by atoms with Gasteiger partial charge in [0.15, 0.2) is 0 Å². The van der Waals surface area contributed by atoms with E-state index in [1.165, 1.54) is 0 Å². The molecule has 2 heterocycles. The number of hydrogen-bond acceptors (Lipinski definition) is 2. The third-order valence-electron chi connectivity index (χ3n) is 4.93. The van der Waals surface area contributed by atoms with Crippen molar-refractivity contribution in [1.29, 1.82) is 0 Å². The quantitative estimate of drug-likeness (QED) is 0.919. The van der Waals surface area contributed by atoms with Crippen molar-refractivity contribution < 1.29 is 4.79 Å². The molecule has 2 N–H and O–H groups in total. The van der Waals surface area contributed by atoms with E-state index < -0.39 is 0 Å². The fourth-order valence-electron chi connectivity index (χ4n) is 4.00. The van der Waals surface area contributed by atoms with Crippen LogP contribution in [0.1, 0.15) is 50.5 Å². The summed E-state index contributed by atoms with van der Waals surface area (Å²) in [7, 11) is 0. The Balaban J connectivity index is 1.81. The molecule has 0 saturated carbocycles. The van der Waals surface area contributed by atoms with Crippen molar-refractivity contribution in [3.8, 4) is 0 Å². The molecule has 2 aliphatic heterocycles. The minimum atomic E-state index is 0.00799. The van der Waals surface area contributed by atoms with Crippen molar-refractivity contribution in [3.05, 3.63) is 35.9 Å². The highest BCUT2D eigenvalue weighted by atomic mass is 16.2. The van der Waals surface area contributed by atoms with Crippen LogP contribution in [-0.4, -0.2) is 28.9 Å². The molecule has 3 atom stereocenters. The Morgan fingerprint density at radius 3 is 2.40 bits per heavy atom. The Labute approximate surface area is 121 Å². The van der Waals surface area contributed by atoms with Gasteiger partial charge >= 0.3 is 0 Å². The van der Waals surface area contributed by atoms with Gasteiger partial charge in [-0.2, -0.15) is 0 Å². The SMILES string of the molecule is CCC(C(=O)N1C2CCC1CC(N)C2)c1ccccc1. The normalized spacial score (nSPS) is 30.3. The van der Waals surface area contributed by atoms with E-state index in [2.05, 4.69) is 24.0 Å². The lowest BCUT2D eigenvalue weighted by atomic mass is 9.91. The molecule has 3 unspecified atom stereocenters. The van der Waals surface area contributed by atoms with Gasteiger partial charge in [0.05, 0.1) is 5.92 Å². The van der Waals surface area contributed by atoms with Gasteiger partial charge in [-0.1, -0.05) is 37.3 Å². The van der Waals surface area contributed by atoms with Gasteiger partial charge in [-0.05, 0) is 37.7 Å². The number of nitrogens with two attached hydrogens (primary N) is 1. The summed E-state index contributed by atoms with van der Waals surface area (Å²) in [5.41, 5.74) is 7.25. The van der Waals surface area contributed by atoms with E-state index in [1.807, 2.05) is 18.2 Å². The molecular formula is C17H24N2O. The lowest BCUT2D eigenvalue weighted by molar-refractivity contribution is -0.137. The zero-order valence-electron chi connectivity index (χ0n) is 12.2. The third kappa shape index (κ3) is 2.35. The second kappa shape index (κ2) is 5.57. The van der Waals surface area contributed by atoms with Crippen molar-refractivity contribution in [2.24, 2.45) is 5.73 Å². The van der Waals surface area contributed by atoms with Crippen molar-refractivity contribution >= 4 is 5.91 Å². The summed E-state index contributed by atoms with van der Waals surface area (Å²) in [5, 5.41) is 0. The van der Waals surface area contributed by atoms with Crippen molar-refractivity contribution in [1.82, 2.24) is 4.90 Å². The standard InChI is InChI=1S/C17H24N2O/c1-2-16(12-6-4-3-5-7-12)17(20)19-14-8-9-15(19)11-13(18)10-14/h3-7,13-16H,2,8-11,18H2,1H3. The van der Waals surface area contributed by atoms with E-state index in [9.17, 15) is 4.79 Å². The summed E-state index contributed by atoms with van der Waals surface area (Å²) in [6, 6.07) is 11.2. The number of carbonyl (C=O) groups is 1. The van der Waals surface area contributed by atoms with Crippen molar-refractivity contribution in [2.75, 3.05) is 0 Å². The van der Waals surface area contributed by atoms with Gasteiger partial charge in [0.1, 0.15) is 0 Å². The Morgan fingerprint density at radius 1 is 1.25 bits per heavy atom. The lowest BCUT2D eigenvalue weighted by Gasteiger charge is -2.39. The maximum Gasteiger partial charge on any atom is 0.230 e. The monoisotopic (exact) mass is 272 g/mol. The average molecular weight is 272 g/mol. The van der Waals surface area contributed by atoms with Crippen LogP contribution in [-0.2, 0) is 4.79 Å². The Kier molecular flexibility index (Phi) is 3.79. The highest BCUT2D eigenvalue weighted by Gasteiger charge is 2.43. The predicted octanol–water partition coefficient (Wildman–Crippen LogP) is 2.66. The molecule has 2 saturated heterocycles. The molecule has 0 radical (unpaired) electrons. The molecule has 2 fully saturated rings. The number of hydrogen-bond donors (Lipinski definition) is 1. The van der Waals surface area contributed by atoms with E-state index in [0.29, 0.717) is 18.0 Å². The highest BCUT2D eigenvalue weighted by molar-refractivity contribution is 5.84. The molecule has 1 aromatic carbocycles. The van der Waals surface area contributed by atoms with Gasteiger partial charge in [0, 0.05) is 18.1 Å². The first kappa shape index (κ1) is 13.6. The van der Waals surface area contributed by atoms with E-state index in [1.54, 1.807) is 0 Å². The van der Waals surface area contributed by atoms with Crippen molar-refractivity contribution in [3.63, 3.8) is 0 Å². The van der Waals surface area contributed by atoms with Crippen molar-refractivity contribution in [2.45, 2.75) is 63.1 Å². The molecular weight excluding hydrogens is 248 g/mol. The van der Waals surface area contributed by atoms with Crippen LogP contribution < -0.4 is 5.73 Å². The molecule has 1 amide bonds. The zero-order valence-corrected chi connectivity index (χ0v) is 12.2. The van der Waals surface area contributed by atoms with Crippen LogP contribution in [0.5, 0.6) is 0 Å². The number of rotatable bonds is 3.